The number of nitrogens with zero attached hydrogens (tertiary/aromatic N) is 2. The van der Waals surface area contributed by atoms with Gasteiger partial charge in [-0.05, 0) is 62.3 Å². The van der Waals surface area contributed by atoms with Gasteiger partial charge in [-0.3, -0.25) is 9.89 Å². The van der Waals surface area contributed by atoms with Crippen molar-refractivity contribution in [2.24, 2.45) is 10.7 Å². The number of furan rings is 1. The van der Waals surface area contributed by atoms with E-state index < -0.39 is 6.36 Å². The molecule has 1 aromatic heterocycles. The molecular formula is C19H23F3N4O2. The Balaban J connectivity index is 1.61. The van der Waals surface area contributed by atoms with Crippen LogP contribution in [0.5, 0.6) is 5.75 Å². The lowest BCUT2D eigenvalue weighted by Gasteiger charge is -2.32. The van der Waals surface area contributed by atoms with Crippen LogP contribution in [-0.4, -0.2) is 36.9 Å². The summed E-state index contributed by atoms with van der Waals surface area (Å²) in [4.78, 5) is 6.74. The number of nitrogens with two attached hydrogens (primary N) is 1. The molecule has 0 amide bonds. The van der Waals surface area contributed by atoms with Crippen LogP contribution < -0.4 is 15.8 Å². The van der Waals surface area contributed by atoms with Crippen LogP contribution in [-0.2, 0) is 0 Å². The van der Waals surface area contributed by atoms with Crippen molar-refractivity contribution in [3.8, 4) is 5.75 Å². The van der Waals surface area contributed by atoms with Gasteiger partial charge in [0, 0.05) is 5.69 Å². The molecule has 6 nitrogen and oxygen atoms in total. The molecule has 1 fully saturated rings. The third-order valence-electron chi connectivity index (χ3n) is 4.50. The molecule has 3 rings (SSSR count). The average molecular weight is 396 g/mol. The van der Waals surface area contributed by atoms with Crippen molar-refractivity contribution in [2.45, 2.75) is 31.7 Å². The number of rotatable bonds is 6. The second-order valence-electron chi connectivity index (χ2n) is 6.55. The number of hydrogen-bond acceptors (Lipinski definition) is 4. The van der Waals surface area contributed by atoms with Gasteiger partial charge in [-0.15, -0.1) is 13.2 Å². The van der Waals surface area contributed by atoms with E-state index in [-0.39, 0.29) is 17.8 Å². The van der Waals surface area contributed by atoms with Crippen LogP contribution in [0.3, 0.4) is 0 Å². The molecule has 0 radical (unpaired) electrons. The van der Waals surface area contributed by atoms with Crippen LogP contribution in [0.2, 0.25) is 0 Å². The highest BCUT2D eigenvalue weighted by Crippen LogP contribution is 2.26. The smallest absolute Gasteiger partial charge is 0.468 e. The summed E-state index contributed by atoms with van der Waals surface area (Å²) in [6.07, 6.45) is 0.428. The number of alkyl halides is 3. The highest BCUT2D eigenvalue weighted by molar-refractivity contribution is 5.92. The van der Waals surface area contributed by atoms with Crippen molar-refractivity contribution >= 4 is 11.6 Å². The molecule has 0 saturated carbocycles. The Bertz CT molecular complexity index is 754. The summed E-state index contributed by atoms with van der Waals surface area (Å²) in [5, 5.41) is 2.88. The van der Waals surface area contributed by atoms with Gasteiger partial charge < -0.3 is 20.2 Å². The highest BCUT2D eigenvalue weighted by atomic mass is 19.4. The van der Waals surface area contributed by atoms with Crippen LogP contribution >= 0.6 is 0 Å². The van der Waals surface area contributed by atoms with Crippen molar-refractivity contribution in [3.63, 3.8) is 0 Å². The van der Waals surface area contributed by atoms with Crippen molar-refractivity contribution in [2.75, 3.05) is 25.0 Å². The minimum Gasteiger partial charge on any atom is -0.468 e. The van der Waals surface area contributed by atoms with Crippen molar-refractivity contribution in [1.29, 1.82) is 0 Å². The van der Waals surface area contributed by atoms with E-state index in [1.807, 2.05) is 12.1 Å². The van der Waals surface area contributed by atoms with Gasteiger partial charge in [-0.2, -0.15) is 0 Å². The maximum absolute atomic E-state index is 12.2. The van der Waals surface area contributed by atoms with Gasteiger partial charge >= 0.3 is 6.36 Å². The van der Waals surface area contributed by atoms with E-state index >= 15 is 0 Å². The SMILES string of the molecule is NC(=NCC(c1ccco1)N1CCCCC1)Nc1ccc(OC(F)(F)F)cc1. The molecule has 1 atom stereocenters. The summed E-state index contributed by atoms with van der Waals surface area (Å²) in [7, 11) is 0. The maximum Gasteiger partial charge on any atom is 0.573 e. The minimum absolute atomic E-state index is 0.00166. The molecule has 1 aromatic carbocycles. The second-order valence-corrected chi connectivity index (χ2v) is 6.55. The molecule has 1 aliphatic rings. The van der Waals surface area contributed by atoms with Crippen LogP contribution in [0.25, 0.3) is 0 Å². The Morgan fingerprint density at radius 2 is 1.89 bits per heavy atom. The number of aliphatic imine (C=N–C) groups is 1. The molecule has 28 heavy (non-hydrogen) atoms. The molecule has 0 bridgehead atoms. The fourth-order valence-corrected chi connectivity index (χ4v) is 3.21. The number of anilines is 1. The summed E-state index contributed by atoms with van der Waals surface area (Å²) in [6.45, 7) is 2.38. The third kappa shape index (κ3) is 5.91. The first-order chi connectivity index (χ1) is 13.4. The number of halogens is 3. The molecule has 0 aliphatic carbocycles. The number of likely N-dealkylation sites (tertiary alicyclic amines) is 1. The van der Waals surface area contributed by atoms with E-state index in [1.165, 1.54) is 30.7 Å². The quantitative estimate of drug-likeness (QED) is 0.567. The number of benzene rings is 1. The third-order valence-corrected chi connectivity index (χ3v) is 4.50. The van der Waals surface area contributed by atoms with Crippen molar-refractivity contribution in [1.82, 2.24) is 4.90 Å². The molecule has 152 valence electrons. The van der Waals surface area contributed by atoms with E-state index in [1.54, 1.807) is 6.26 Å². The second kappa shape index (κ2) is 9.01. The lowest BCUT2D eigenvalue weighted by Crippen LogP contribution is -2.36. The minimum atomic E-state index is -4.72. The van der Waals surface area contributed by atoms with Crippen LogP contribution in [0.4, 0.5) is 18.9 Å². The van der Waals surface area contributed by atoms with E-state index in [9.17, 15) is 13.2 Å². The van der Waals surface area contributed by atoms with Gasteiger partial charge in [0.25, 0.3) is 0 Å². The molecule has 0 spiro atoms. The zero-order chi connectivity index (χ0) is 20.0. The van der Waals surface area contributed by atoms with Gasteiger partial charge in [0.15, 0.2) is 5.96 Å². The number of nitrogens with one attached hydrogen (secondary N) is 1. The van der Waals surface area contributed by atoms with Gasteiger partial charge in [-0.1, -0.05) is 6.42 Å². The standard InChI is InChI=1S/C19H23F3N4O2/c20-19(21,22)28-15-8-6-14(7-9-15)25-18(23)24-13-16(17-5-4-12-27-17)26-10-2-1-3-11-26/h4-9,12,16H,1-3,10-11,13H2,(H3,23,24,25). The predicted octanol–water partition coefficient (Wildman–Crippen LogP) is 4.13. The summed E-state index contributed by atoms with van der Waals surface area (Å²) in [5.74, 6) is 0.724. The van der Waals surface area contributed by atoms with E-state index in [0.29, 0.717) is 12.2 Å². The Morgan fingerprint density at radius 1 is 1.18 bits per heavy atom. The van der Waals surface area contributed by atoms with E-state index in [0.717, 1.165) is 31.7 Å². The summed E-state index contributed by atoms with van der Waals surface area (Å²) in [6, 6.07) is 9.08. The van der Waals surface area contributed by atoms with Crippen LogP contribution in [0, 0.1) is 0 Å². The van der Waals surface area contributed by atoms with Gasteiger partial charge in [0.2, 0.25) is 0 Å². The number of hydrogen-bond donors (Lipinski definition) is 2. The fraction of sp³-hybridized carbons (Fsp3) is 0.421. The first-order valence-electron chi connectivity index (χ1n) is 9.11. The predicted molar refractivity (Wildman–Crippen MR) is 100 cm³/mol. The van der Waals surface area contributed by atoms with E-state index in [4.69, 9.17) is 10.2 Å². The maximum atomic E-state index is 12.2. The van der Waals surface area contributed by atoms with Crippen LogP contribution in [0.15, 0.2) is 52.1 Å². The first kappa shape index (κ1) is 20.1. The molecule has 1 saturated heterocycles. The Kier molecular flexibility index (Phi) is 6.45. The number of guanidine groups is 1. The normalized spacial score (nSPS) is 17.3. The fourth-order valence-electron chi connectivity index (χ4n) is 3.21. The molecule has 2 aromatic rings. The molecular weight excluding hydrogens is 373 g/mol. The molecule has 3 N–H and O–H groups in total. The Hall–Kier alpha value is -2.68. The zero-order valence-corrected chi connectivity index (χ0v) is 15.3. The van der Waals surface area contributed by atoms with Crippen molar-refractivity contribution < 1.29 is 22.3 Å². The van der Waals surface area contributed by atoms with Gasteiger partial charge in [0.1, 0.15) is 11.5 Å². The Morgan fingerprint density at radius 3 is 2.50 bits per heavy atom. The monoisotopic (exact) mass is 396 g/mol. The average Bonchev–Trinajstić information content (AvgIpc) is 3.18. The summed E-state index contributed by atoms with van der Waals surface area (Å²) < 4.78 is 46.0. The van der Waals surface area contributed by atoms with Crippen molar-refractivity contribution in [3.05, 3.63) is 48.4 Å². The highest BCUT2D eigenvalue weighted by Gasteiger charge is 2.31. The number of ether oxygens (including phenoxy) is 1. The lowest BCUT2D eigenvalue weighted by molar-refractivity contribution is -0.274. The topological polar surface area (TPSA) is 76.0 Å². The summed E-state index contributed by atoms with van der Waals surface area (Å²) >= 11 is 0. The molecule has 1 aliphatic heterocycles. The van der Waals surface area contributed by atoms with Gasteiger partial charge in [-0.25, -0.2) is 0 Å². The van der Waals surface area contributed by atoms with E-state index in [2.05, 4.69) is 19.9 Å². The van der Waals surface area contributed by atoms with Gasteiger partial charge in [0.05, 0.1) is 18.8 Å². The number of piperidine rings is 1. The lowest BCUT2D eigenvalue weighted by atomic mass is 10.1. The molecule has 2 heterocycles. The summed E-state index contributed by atoms with van der Waals surface area (Å²) in [5.41, 5.74) is 6.47. The Labute approximate surface area is 161 Å². The van der Waals surface area contributed by atoms with Crippen LogP contribution in [0.1, 0.15) is 31.1 Å². The first-order valence-corrected chi connectivity index (χ1v) is 9.11. The zero-order valence-electron chi connectivity index (χ0n) is 15.3. The largest absolute Gasteiger partial charge is 0.573 e. The molecule has 1 unspecified atom stereocenters. The molecule has 9 heteroatoms.